The smallest absolute Gasteiger partial charge is 0.271 e. The number of thioether (sulfide) groups is 1. The van der Waals surface area contributed by atoms with E-state index in [1.807, 2.05) is 0 Å². The highest BCUT2D eigenvalue weighted by Crippen LogP contribution is 2.23. The van der Waals surface area contributed by atoms with Gasteiger partial charge in [0, 0.05) is 12.1 Å². The number of aryl methyl sites for hydroxylation is 1. The summed E-state index contributed by atoms with van der Waals surface area (Å²) in [6.45, 7) is 1.77. The number of aromatic nitrogens is 2. The van der Waals surface area contributed by atoms with Crippen LogP contribution in [0.4, 0.5) is 5.69 Å². The molecule has 26 heavy (non-hydrogen) atoms. The van der Waals surface area contributed by atoms with Crippen molar-refractivity contribution in [2.45, 2.75) is 12.7 Å². The van der Waals surface area contributed by atoms with Crippen molar-refractivity contribution in [2.24, 2.45) is 5.73 Å². The maximum absolute atomic E-state index is 13.1. The predicted octanol–water partition coefficient (Wildman–Crippen LogP) is 2.73. The van der Waals surface area contributed by atoms with Gasteiger partial charge in [-0.2, -0.15) is 0 Å². The molecule has 0 atom stereocenters. The van der Waals surface area contributed by atoms with E-state index in [0.717, 1.165) is 11.8 Å². The molecule has 1 aromatic heterocycles. The zero-order chi connectivity index (χ0) is 18.8. The van der Waals surface area contributed by atoms with Crippen molar-refractivity contribution in [3.63, 3.8) is 0 Å². The van der Waals surface area contributed by atoms with Crippen LogP contribution in [0.2, 0.25) is 0 Å². The maximum atomic E-state index is 13.1. The summed E-state index contributed by atoms with van der Waals surface area (Å²) >= 11 is 1.03. The minimum atomic E-state index is -0.507. The van der Waals surface area contributed by atoms with Gasteiger partial charge in [-0.25, -0.2) is 4.98 Å². The molecule has 0 saturated carbocycles. The molecule has 0 aliphatic heterocycles. The Balaban J connectivity index is 2.33. The van der Waals surface area contributed by atoms with E-state index >= 15 is 0 Å². The fourth-order valence-electron chi connectivity index (χ4n) is 2.62. The Bertz CT molecular complexity index is 1090. The van der Waals surface area contributed by atoms with Gasteiger partial charge in [0.15, 0.2) is 5.17 Å². The molecule has 0 amide bonds. The summed E-state index contributed by atoms with van der Waals surface area (Å²) in [5.74, 6) is 0.565. The van der Waals surface area contributed by atoms with Gasteiger partial charge in [-0.1, -0.05) is 30.0 Å². The van der Waals surface area contributed by atoms with E-state index in [1.165, 1.54) is 16.7 Å². The molecular weight excluding hydrogens is 354 g/mol. The normalized spacial score (nSPS) is 10.8. The number of rotatable bonds is 4. The topological polar surface area (TPSA) is 128 Å². The molecule has 0 saturated heterocycles. The molecule has 0 fully saturated rings. The number of hydrogen-bond donors (Lipinski definition) is 2. The quantitative estimate of drug-likeness (QED) is 0.315. The maximum Gasteiger partial charge on any atom is 0.271 e. The van der Waals surface area contributed by atoms with E-state index in [2.05, 4.69) is 4.98 Å². The molecule has 0 unspecified atom stereocenters. The van der Waals surface area contributed by atoms with Crippen LogP contribution < -0.4 is 11.3 Å². The van der Waals surface area contributed by atoms with Gasteiger partial charge in [0.2, 0.25) is 0 Å². The first-order valence-corrected chi connectivity index (χ1v) is 8.60. The van der Waals surface area contributed by atoms with E-state index in [-0.39, 0.29) is 22.2 Å². The number of fused-ring (bicyclic) bond motifs is 1. The summed E-state index contributed by atoms with van der Waals surface area (Å²) in [5.41, 5.74) is 6.59. The Hall–Kier alpha value is -3.20. The highest BCUT2D eigenvalue weighted by molar-refractivity contribution is 8.13. The Labute approximate surface area is 152 Å². The molecule has 0 aliphatic rings. The van der Waals surface area contributed by atoms with Crippen molar-refractivity contribution in [3.8, 4) is 5.69 Å². The molecule has 3 N–H and O–H groups in total. The number of para-hydroxylation sites is 1. The van der Waals surface area contributed by atoms with Gasteiger partial charge in [0.25, 0.3) is 11.2 Å². The molecule has 3 aromatic rings. The van der Waals surface area contributed by atoms with Gasteiger partial charge >= 0.3 is 0 Å². The van der Waals surface area contributed by atoms with Crippen molar-refractivity contribution in [3.05, 3.63) is 74.3 Å². The summed E-state index contributed by atoms with van der Waals surface area (Å²) in [6, 6.07) is 11.2. The van der Waals surface area contributed by atoms with Crippen molar-refractivity contribution >= 4 is 33.5 Å². The van der Waals surface area contributed by atoms with E-state index in [4.69, 9.17) is 11.1 Å². The zero-order valence-electron chi connectivity index (χ0n) is 13.8. The molecular formula is C17H15N5O3S. The lowest BCUT2D eigenvalue weighted by molar-refractivity contribution is -0.384. The van der Waals surface area contributed by atoms with Gasteiger partial charge in [0.1, 0.15) is 5.82 Å². The van der Waals surface area contributed by atoms with Crippen molar-refractivity contribution in [1.82, 2.24) is 9.55 Å². The number of benzene rings is 2. The molecule has 0 spiro atoms. The summed E-state index contributed by atoms with van der Waals surface area (Å²) in [7, 11) is 0. The third kappa shape index (κ3) is 3.29. The number of nitrogens with zero attached hydrogens (tertiary/aromatic N) is 3. The first-order chi connectivity index (χ1) is 12.4. The third-order valence-corrected chi connectivity index (χ3v) is 4.56. The van der Waals surface area contributed by atoms with Crippen LogP contribution in [-0.4, -0.2) is 19.6 Å². The third-order valence-electron chi connectivity index (χ3n) is 3.85. The molecule has 9 heteroatoms. The van der Waals surface area contributed by atoms with Crippen LogP contribution in [0.25, 0.3) is 16.6 Å². The van der Waals surface area contributed by atoms with Crippen LogP contribution in [0.15, 0.2) is 47.3 Å². The van der Waals surface area contributed by atoms with Crippen LogP contribution >= 0.6 is 11.8 Å². The number of hydrogen-bond acceptors (Lipinski definition) is 6. The average Bonchev–Trinajstić information content (AvgIpc) is 2.61. The van der Waals surface area contributed by atoms with Crippen molar-refractivity contribution < 1.29 is 4.92 Å². The monoisotopic (exact) mass is 369 g/mol. The molecule has 8 nitrogen and oxygen atoms in total. The first-order valence-electron chi connectivity index (χ1n) is 7.61. The van der Waals surface area contributed by atoms with E-state index in [1.54, 1.807) is 37.3 Å². The highest BCUT2D eigenvalue weighted by Gasteiger charge is 2.17. The van der Waals surface area contributed by atoms with E-state index in [0.29, 0.717) is 28.0 Å². The number of non-ortho nitro benzene ring substituents is 1. The lowest BCUT2D eigenvalue weighted by atomic mass is 10.1. The van der Waals surface area contributed by atoms with E-state index < -0.39 is 4.92 Å². The number of nitro benzene ring substituents is 1. The molecule has 0 radical (unpaired) electrons. The molecule has 0 aliphatic carbocycles. The number of amidine groups is 1. The van der Waals surface area contributed by atoms with Gasteiger partial charge in [-0.15, -0.1) is 0 Å². The summed E-state index contributed by atoms with van der Waals surface area (Å²) in [5, 5.41) is 18.9. The number of nitrogens with two attached hydrogens (primary N) is 1. The molecule has 0 bridgehead atoms. The Morgan fingerprint density at radius 3 is 2.77 bits per heavy atom. The fraction of sp³-hybridized carbons (Fsp3) is 0.118. The van der Waals surface area contributed by atoms with Crippen molar-refractivity contribution in [2.75, 3.05) is 0 Å². The SMILES string of the molecule is Cc1ccc([N+](=O)[O-])cc1-n1c(CSC(=N)N)nc2ccccc2c1=O. The minimum absolute atomic E-state index is 0.102. The lowest BCUT2D eigenvalue weighted by Crippen LogP contribution is -2.24. The standard InChI is InChI=1S/C17H15N5O3S/c1-10-6-7-11(22(24)25)8-14(10)21-15(9-26-17(18)19)20-13-5-3-2-4-12(13)16(21)23/h2-8H,9H2,1H3,(H3,18,19). The zero-order valence-corrected chi connectivity index (χ0v) is 14.6. The Morgan fingerprint density at radius 1 is 1.35 bits per heavy atom. The second kappa shape index (κ2) is 6.96. The average molecular weight is 369 g/mol. The lowest BCUT2D eigenvalue weighted by Gasteiger charge is -2.15. The summed E-state index contributed by atoms with van der Waals surface area (Å²) < 4.78 is 1.36. The second-order valence-electron chi connectivity index (χ2n) is 5.57. The molecule has 132 valence electrons. The Kier molecular flexibility index (Phi) is 4.72. The first kappa shape index (κ1) is 17.6. The number of nitro groups is 1. The van der Waals surface area contributed by atoms with Gasteiger partial charge in [-0.05, 0) is 24.6 Å². The van der Waals surface area contributed by atoms with Crippen LogP contribution in [-0.2, 0) is 5.75 Å². The van der Waals surface area contributed by atoms with Gasteiger partial charge in [-0.3, -0.25) is 24.9 Å². The summed E-state index contributed by atoms with van der Waals surface area (Å²) in [4.78, 5) is 28.2. The number of nitrogens with one attached hydrogen (secondary N) is 1. The van der Waals surface area contributed by atoms with E-state index in [9.17, 15) is 14.9 Å². The molecule has 1 heterocycles. The summed E-state index contributed by atoms with van der Waals surface area (Å²) in [6.07, 6.45) is 0. The van der Waals surface area contributed by atoms with Crippen LogP contribution in [0.3, 0.4) is 0 Å². The molecule has 2 aromatic carbocycles. The van der Waals surface area contributed by atoms with Crippen LogP contribution in [0.5, 0.6) is 0 Å². The van der Waals surface area contributed by atoms with Crippen LogP contribution in [0.1, 0.15) is 11.4 Å². The Morgan fingerprint density at radius 2 is 2.08 bits per heavy atom. The predicted molar refractivity (Wildman–Crippen MR) is 102 cm³/mol. The van der Waals surface area contributed by atoms with Gasteiger partial charge < -0.3 is 5.73 Å². The largest absolute Gasteiger partial charge is 0.379 e. The van der Waals surface area contributed by atoms with Crippen molar-refractivity contribution in [1.29, 1.82) is 5.41 Å². The fourth-order valence-corrected chi connectivity index (χ4v) is 3.10. The molecule has 3 rings (SSSR count). The van der Waals surface area contributed by atoms with Crippen LogP contribution in [0, 0.1) is 22.4 Å². The highest BCUT2D eigenvalue weighted by atomic mass is 32.2. The second-order valence-corrected chi connectivity index (χ2v) is 6.58. The minimum Gasteiger partial charge on any atom is -0.379 e. The van der Waals surface area contributed by atoms with Gasteiger partial charge in [0.05, 0.1) is 27.3 Å².